The van der Waals surface area contributed by atoms with Gasteiger partial charge in [0.05, 0.1) is 13.2 Å². The number of carbonyl (C=O) groups is 1. The smallest absolute Gasteiger partial charge is 0.247 e. The number of aryl methyl sites for hydroxylation is 1. The third-order valence-electron chi connectivity index (χ3n) is 3.52. The molecule has 1 fully saturated rings. The number of amides is 1. The Bertz CT molecular complexity index is 729. The van der Waals surface area contributed by atoms with E-state index in [1.54, 1.807) is 30.0 Å². The molecule has 1 unspecified atom stereocenters. The second kappa shape index (κ2) is 6.93. The van der Waals surface area contributed by atoms with Crippen LogP contribution in [-0.2, 0) is 9.53 Å². The second-order valence-corrected chi connectivity index (χ2v) is 5.62. The van der Waals surface area contributed by atoms with Gasteiger partial charge in [0, 0.05) is 24.6 Å². The maximum Gasteiger partial charge on any atom is 0.247 e. The van der Waals surface area contributed by atoms with E-state index >= 15 is 0 Å². The van der Waals surface area contributed by atoms with Crippen LogP contribution in [-0.4, -0.2) is 40.7 Å². The van der Waals surface area contributed by atoms with Crippen molar-refractivity contribution in [2.75, 3.05) is 19.8 Å². The van der Waals surface area contributed by atoms with Gasteiger partial charge < -0.3 is 14.2 Å². The second-order valence-electron chi connectivity index (χ2n) is 5.18. The highest BCUT2D eigenvalue weighted by atomic mass is 35.5. The van der Waals surface area contributed by atoms with E-state index in [2.05, 4.69) is 10.1 Å². The molecule has 23 heavy (non-hydrogen) atoms. The molecular weight excluding hydrogens is 318 g/mol. The van der Waals surface area contributed by atoms with E-state index in [0.717, 1.165) is 5.56 Å². The molecular formula is C16H16ClN3O3. The molecule has 3 rings (SSSR count). The third kappa shape index (κ3) is 3.78. The molecule has 0 spiro atoms. The van der Waals surface area contributed by atoms with Crippen molar-refractivity contribution in [2.24, 2.45) is 0 Å². The molecule has 6 nitrogen and oxygen atoms in total. The lowest BCUT2D eigenvalue weighted by Gasteiger charge is -2.32. The highest BCUT2D eigenvalue weighted by Crippen LogP contribution is 2.22. The van der Waals surface area contributed by atoms with Crippen molar-refractivity contribution in [2.45, 2.75) is 13.0 Å². The van der Waals surface area contributed by atoms with Gasteiger partial charge in [-0.25, -0.2) is 0 Å². The van der Waals surface area contributed by atoms with Gasteiger partial charge in [-0.15, -0.1) is 0 Å². The first-order valence-corrected chi connectivity index (χ1v) is 7.63. The first-order chi connectivity index (χ1) is 11.1. The Labute approximate surface area is 138 Å². The van der Waals surface area contributed by atoms with Crippen LogP contribution in [0.2, 0.25) is 5.02 Å². The molecule has 1 atom stereocenters. The Balaban J connectivity index is 1.76. The number of hydrogen-bond donors (Lipinski definition) is 0. The zero-order chi connectivity index (χ0) is 16.2. The highest BCUT2D eigenvalue weighted by Gasteiger charge is 2.30. The number of aromatic nitrogens is 2. The van der Waals surface area contributed by atoms with Gasteiger partial charge in [0.15, 0.2) is 5.82 Å². The summed E-state index contributed by atoms with van der Waals surface area (Å²) in [6.45, 7) is 3.04. The van der Waals surface area contributed by atoms with Gasteiger partial charge in [-0.1, -0.05) is 28.9 Å². The fraction of sp³-hybridized carbons (Fsp3) is 0.312. The maximum atomic E-state index is 12.5. The molecule has 7 heteroatoms. The molecule has 120 valence electrons. The van der Waals surface area contributed by atoms with Gasteiger partial charge in [-0.05, 0) is 23.8 Å². The lowest BCUT2D eigenvalue weighted by Crippen LogP contribution is -2.43. The van der Waals surface area contributed by atoms with E-state index in [1.165, 1.54) is 6.08 Å². The molecule has 1 aromatic heterocycles. The quantitative estimate of drug-likeness (QED) is 0.808. The lowest BCUT2D eigenvalue weighted by molar-refractivity contribution is -0.135. The van der Waals surface area contributed by atoms with Crippen LogP contribution >= 0.6 is 11.6 Å². The molecule has 1 aromatic carbocycles. The topological polar surface area (TPSA) is 68.5 Å². The predicted molar refractivity (Wildman–Crippen MR) is 84.8 cm³/mol. The first-order valence-electron chi connectivity index (χ1n) is 7.25. The summed E-state index contributed by atoms with van der Waals surface area (Å²) >= 11 is 5.94. The standard InChI is InChI=1S/C16H16ClN3O3/c1-11-18-16(19-23-11)14-10-22-8-7-20(14)15(21)6-5-12-3-2-4-13(17)9-12/h2-6,9,14H,7-8,10H2,1H3. The summed E-state index contributed by atoms with van der Waals surface area (Å²) < 4.78 is 10.4. The number of ether oxygens (including phenoxy) is 1. The number of benzene rings is 1. The number of hydrogen-bond acceptors (Lipinski definition) is 5. The summed E-state index contributed by atoms with van der Waals surface area (Å²) in [7, 11) is 0. The molecule has 0 saturated carbocycles. The average Bonchev–Trinajstić information content (AvgIpc) is 2.99. The van der Waals surface area contributed by atoms with Crippen LogP contribution < -0.4 is 0 Å². The number of halogens is 1. The van der Waals surface area contributed by atoms with Crippen molar-refractivity contribution in [3.05, 3.63) is 52.6 Å². The van der Waals surface area contributed by atoms with Crippen LogP contribution in [0.15, 0.2) is 34.9 Å². The molecule has 0 radical (unpaired) electrons. The van der Waals surface area contributed by atoms with Gasteiger partial charge >= 0.3 is 0 Å². The van der Waals surface area contributed by atoms with Crippen molar-refractivity contribution < 1.29 is 14.1 Å². The maximum absolute atomic E-state index is 12.5. The van der Waals surface area contributed by atoms with Gasteiger partial charge in [0.25, 0.3) is 0 Å². The molecule has 1 aliphatic rings. The van der Waals surface area contributed by atoms with Crippen molar-refractivity contribution in [3.63, 3.8) is 0 Å². The predicted octanol–water partition coefficient (Wildman–Crippen LogP) is 2.64. The fourth-order valence-corrected chi connectivity index (χ4v) is 2.60. The summed E-state index contributed by atoms with van der Waals surface area (Å²) in [5, 5.41) is 4.53. The van der Waals surface area contributed by atoms with Crippen LogP contribution in [0, 0.1) is 6.92 Å². The Kier molecular flexibility index (Phi) is 4.73. The van der Waals surface area contributed by atoms with Crippen LogP contribution in [0.4, 0.5) is 0 Å². The minimum absolute atomic E-state index is 0.124. The monoisotopic (exact) mass is 333 g/mol. The van der Waals surface area contributed by atoms with Crippen LogP contribution in [0.5, 0.6) is 0 Å². The Morgan fingerprint density at radius 2 is 2.35 bits per heavy atom. The van der Waals surface area contributed by atoms with E-state index in [1.807, 2.05) is 12.1 Å². The Hall–Kier alpha value is -2.18. The van der Waals surface area contributed by atoms with E-state index in [4.69, 9.17) is 20.9 Å². The molecule has 1 saturated heterocycles. The number of rotatable bonds is 3. The van der Waals surface area contributed by atoms with Crippen molar-refractivity contribution in [3.8, 4) is 0 Å². The van der Waals surface area contributed by atoms with Crippen LogP contribution in [0.25, 0.3) is 6.08 Å². The molecule has 1 aliphatic heterocycles. The Morgan fingerprint density at radius 3 is 3.09 bits per heavy atom. The van der Waals surface area contributed by atoms with Crippen molar-refractivity contribution in [1.82, 2.24) is 15.0 Å². The molecule has 0 aliphatic carbocycles. The molecule has 2 heterocycles. The largest absolute Gasteiger partial charge is 0.377 e. The molecule has 0 bridgehead atoms. The summed E-state index contributed by atoms with van der Waals surface area (Å²) in [5.74, 6) is 0.805. The van der Waals surface area contributed by atoms with E-state index in [-0.39, 0.29) is 11.9 Å². The average molecular weight is 334 g/mol. The lowest BCUT2D eigenvalue weighted by atomic mass is 10.2. The van der Waals surface area contributed by atoms with E-state index < -0.39 is 0 Å². The zero-order valence-corrected chi connectivity index (χ0v) is 13.4. The van der Waals surface area contributed by atoms with Crippen LogP contribution in [0.1, 0.15) is 23.3 Å². The van der Waals surface area contributed by atoms with E-state index in [0.29, 0.717) is 36.5 Å². The fourth-order valence-electron chi connectivity index (χ4n) is 2.41. The minimum atomic E-state index is -0.335. The van der Waals surface area contributed by atoms with E-state index in [9.17, 15) is 4.79 Å². The third-order valence-corrected chi connectivity index (χ3v) is 3.76. The van der Waals surface area contributed by atoms with Gasteiger partial charge in [0.1, 0.15) is 6.04 Å². The summed E-state index contributed by atoms with van der Waals surface area (Å²) in [4.78, 5) is 18.4. The molecule has 2 aromatic rings. The zero-order valence-electron chi connectivity index (χ0n) is 12.6. The number of morpholine rings is 1. The Morgan fingerprint density at radius 1 is 1.48 bits per heavy atom. The first kappa shape index (κ1) is 15.7. The highest BCUT2D eigenvalue weighted by molar-refractivity contribution is 6.30. The molecule has 1 amide bonds. The van der Waals surface area contributed by atoms with Crippen LogP contribution in [0.3, 0.4) is 0 Å². The number of carbonyl (C=O) groups excluding carboxylic acids is 1. The summed E-state index contributed by atoms with van der Waals surface area (Å²) in [5.41, 5.74) is 0.867. The minimum Gasteiger partial charge on any atom is -0.377 e. The number of nitrogens with zero attached hydrogens (tertiary/aromatic N) is 3. The van der Waals surface area contributed by atoms with Crippen molar-refractivity contribution in [1.29, 1.82) is 0 Å². The van der Waals surface area contributed by atoms with Gasteiger partial charge in [-0.2, -0.15) is 4.98 Å². The summed E-state index contributed by atoms with van der Waals surface area (Å²) in [6, 6.07) is 6.97. The SMILES string of the molecule is Cc1nc(C2COCCN2C(=O)C=Cc2cccc(Cl)c2)no1. The summed E-state index contributed by atoms with van der Waals surface area (Å²) in [6.07, 6.45) is 3.26. The van der Waals surface area contributed by atoms with Gasteiger partial charge in [0.2, 0.25) is 11.8 Å². The normalized spacial score (nSPS) is 18.5. The molecule has 0 N–H and O–H groups in total. The van der Waals surface area contributed by atoms with Crippen molar-refractivity contribution >= 4 is 23.6 Å². The van der Waals surface area contributed by atoms with Gasteiger partial charge in [-0.3, -0.25) is 4.79 Å².